The quantitative estimate of drug-likeness (QED) is 0.599. The van der Waals surface area contributed by atoms with Crippen LogP contribution in [0.4, 0.5) is 0 Å². The van der Waals surface area contributed by atoms with Crippen molar-refractivity contribution in [2.24, 2.45) is 4.99 Å². The Balaban J connectivity index is 1.47. The maximum absolute atomic E-state index is 11.0. The van der Waals surface area contributed by atoms with E-state index in [2.05, 4.69) is 33.9 Å². The molecule has 1 N–H and O–H groups in total. The van der Waals surface area contributed by atoms with E-state index in [1.165, 1.54) is 30.2 Å². The molecule has 30 heavy (non-hydrogen) atoms. The highest BCUT2D eigenvalue weighted by Gasteiger charge is 2.28. The third-order valence-corrected chi connectivity index (χ3v) is 5.73. The van der Waals surface area contributed by atoms with Gasteiger partial charge in [-0.2, -0.15) is 0 Å². The van der Waals surface area contributed by atoms with E-state index in [1.54, 1.807) is 6.92 Å². The van der Waals surface area contributed by atoms with Crippen LogP contribution in [0.5, 0.6) is 5.75 Å². The van der Waals surface area contributed by atoms with Crippen LogP contribution in [-0.2, 0) is 11.2 Å². The minimum Gasteiger partial charge on any atom is -0.434 e. The molecule has 1 heterocycles. The van der Waals surface area contributed by atoms with Crippen LogP contribution >= 0.6 is 11.8 Å². The predicted octanol–water partition coefficient (Wildman–Crippen LogP) is 4.33. The molecule has 5 nitrogen and oxygen atoms in total. The Morgan fingerprint density at radius 2 is 2.07 bits per heavy atom. The number of rotatable bonds is 9. The Hall–Kier alpha value is -2.31. The van der Waals surface area contributed by atoms with Crippen LogP contribution in [0.15, 0.2) is 65.0 Å². The number of thioether (sulfide) groups is 1. The van der Waals surface area contributed by atoms with Gasteiger partial charge in [0.05, 0.1) is 6.54 Å². The van der Waals surface area contributed by atoms with Gasteiger partial charge in [-0.25, -0.2) is 4.99 Å². The molecule has 160 valence electrons. The first-order valence-corrected chi connectivity index (χ1v) is 11.4. The smallest absolute Gasteiger partial charge is 0.256 e. The van der Waals surface area contributed by atoms with E-state index in [-0.39, 0.29) is 5.91 Å². The van der Waals surface area contributed by atoms with Crippen molar-refractivity contribution >= 4 is 22.9 Å². The lowest BCUT2D eigenvalue weighted by atomic mass is 10.1. The molecule has 0 radical (unpaired) electrons. The Kier molecular flexibility index (Phi) is 8.78. The SMILES string of the molecule is C=C1/C=C\C=C/CN=C(Oc2ccc(CCN(CCCNC(C)=O)C3CC3)cc2)S1. The van der Waals surface area contributed by atoms with Crippen molar-refractivity contribution in [3.8, 4) is 5.75 Å². The molecule has 0 bridgehead atoms. The molecule has 0 unspecified atom stereocenters. The average Bonchev–Trinajstić information content (AvgIpc) is 3.54. The lowest BCUT2D eigenvalue weighted by Gasteiger charge is -2.22. The van der Waals surface area contributed by atoms with Crippen LogP contribution in [0.1, 0.15) is 31.7 Å². The minimum atomic E-state index is 0.0480. The second kappa shape index (κ2) is 11.8. The van der Waals surface area contributed by atoms with Gasteiger partial charge in [0.2, 0.25) is 5.91 Å². The normalized spacial score (nSPS) is 18.7. The molecule has 6 heteroatoms. The summed E-state index contributed by atoms with van der Waals surface area (Å²) in [5, 5.41) is 3.50. The summed E-state index contributed by atoms with van der Waals surface area (Å²) >= 11 is 1.44. The Labute approximate surface area is 184 Å². The Morgan fingerprint density at radius 3 is 2.80 bits per heavy atom. The topological polar surface area (TPSA) is 53.9 Å². The van der Waals surface area contributed by atoms with Gasteiger partial charge in [-0.1, -0.05) is 36.9 Å². The summed E-state index contributed by atoms with van der Waals surface area (Å²) in [7, 11) is 0. The van der Waals surface area contributed by atoms with Gasteiger partial charge in [-0.3, -0.25) is 9.69 Å². The fourth-order valence-electron chi connectivity index (χ4n) is 3.22. The number of amides is 1. The van der Waals surface area contributed by atoms with Crippen molar-refractivity contribution in [3.05, 3.63) is 65.6 Å². The highest BCUT2D eigenvalue weighted by atomic mass is 32.2. The van der Waals surface area contributed by atoms with Crippen LogP contribution < -0.4 is 10.1 Å². The van der Waals surface area contributed by atoms with E-state index in [4.69, 9.17) is 4.74 Å². The number of hydrogen-bond donors (Lipinski definition) is 1. The van der Waals surface area contributed by atoms with Crippen molar-refractivity contribution in [1.29, 1.82) is 0 Å². The third-order valence-electron chi connectivity index (χ3n) is 4.95. The van der Waals surface area contributed by atoms with E-state index < -0.39 is 0 Å². The zero-order valence-electron chi connectivity index (χ0n) is 17.7. The molecule has 0 saturated heterocycles. The van der Waals surface area contributed by atoms with Gasteiger partial charge in [0, 0.05) is 37.5 Å². The number of ether oxygens (including phenoxy) is 1. The molecule has 1 aliphatic carbocycles. The second-order valence-electron chi connectivity index (χ2n) is 7.56. The molecular weight excluding hydrogens is 394 g/mol. The van der Waals surface area contributed by atoms with Crippen molar-refractivity contribution in [2.75, 3.05) is 26.2 Å². The van der Waals surface area contributed by atoms with E-state index >= 15 is 0 Å². The molecular formula is C24H31N3O2S. The lowest BCUT2D eigenvalue weighted by molar-refractivity contribution is -0.118. The van der Waals surface area contributed by atoms with Gasteiger partial charge in [0.15, 0.2) is 0 Å². The van der Waals surface area contributed by atoms with Gasteiger partial charge in [-0.15, -0.1) is 0 Å². The summed E-state index contributed by atoms with van der Waals surface area (Å²) in [4.78, 5) is 18.9. The average molecular weight is 426 g/mol. The molecule has 2 aliphatic rings. The summed E-state index contributed by atoms with van der Waals surface area (Å²) in [6, 6.07) is 9.01. The first-order chi connectivity index (χ1) is 14.6. The van der Waals surface area contributed by atoms with Gasteiger partial charge in [-0.05, 0) is 61.2 Å². The number of hydrogen-bond acceptors (Lipinski definition) is 5. The van der Waals surface area contributed by atoms with E-state index in [0.717, 1.165) is 49.2 Å². The van der Waals surface area contributed by atoms with E-state index in [9.17, 15) is 4.79 Å². The molecule has 1 fully saturated rings. The summed E-state index contributed by atoms with van der Waals surface area (Å²) in [6.45, 7) is 9.02. The monoisotopic (exact) mass is 425 g/mol. The van der Waals surface area contributed by atoms with Crippen LogP contribution in [-0.4, -0.2) is 48.3 Å². The number of aliphatic imine (C=N–C) groups is 1. The zero-order chi connectivity index (χ0) is 21.2. The molecule has 0 atom stereocenters. The molecule has 1 saturated carbocycles. The Morgan fingerprint density at radius 1 is 1.27 bits per heavy atom. The van der Waals surface area contributed by atoms with Crippen LogP contribution in [0.25, 0.3) is 0 Å². The molecule has 3 rings (SSSR count). The fraction of sp³-hybridized carbons (Fsp3) is 0.417. The van der Waals surface area contributed by atoms with Crippen LogP contribution in [0.3, 0.4) is 0 Å². The van der Waals surface area contributed by atoms with Crippen molar-refractivity contribution < 1.29 is 9.53 Å². The number of benzene rings is 1. The standard InChI is InChI=1S/C24H31N3O2S/c1-19-7-4-3-5-15-26-24(30-19)29-23-12-8-21(9-13-23)14-18-27(22-10-11-22)17-6-16-25-20(2)28/h3-5,7-9,12-13,22H,1,6,10-11,14-18H2,2H3,(H,25,28)/b5-3-,7-4-,26-24?. The van der Waals surface area contributed by atoms with Gasteiger partial charge in [0.1, 0.15) is 5.75 Å². The molecule has 0 aromatic heterocycles. The summed E-state index contributed by atoms with van der Waals surface area (Å²) < 4.78 is 5.97. The minimum absolute atomic E-state index is 0.0480. The number of nitrogens with one attached hydrogen (secondary N) is 1. The summed E-state index contributed by atoms with van der Waals surface area (Å²) in [6.07, 6.45) is 12.5. The van der Waals surface area contributed by atoms with E-state index in [1.807, 2.05) is 36.4 Å². The van der Waals surface area contributed by atoms with Crippen molar-refractivity contribution in [2.45, 2.75) is 38.6 Å². The number of carbonyl (C=O) groups is 1. The highest BCUT2D eigenvalue weighted by Crippen LogP contribution is 2.27. The third kappa shape index (κ3) is 8.20. The maximum atomic E-state index is 11.0. The molecule has 1 aliphatic heterocycles. The van der Waals surface area contributed by atoms with E-state index in [0.29, 0.717) is 11.8 Å². The number of nitrogens with zero attached hydrogens (tertiary/aromatic N) is 2. The Bertz CT molecular complexity index is 810. The first-order valence-electron chi connectivity index (χ1n) is 10.6. The van der Waals surface area contributed by atoms with Crippen LogP contribution in [0, 0.1) is 0 Å². The molecule has 1 aromatic carbocycles. The highest BCUT2D eigenvalue weighted by molar-refractivity contribution is 8.17. The maximum Gasteiger partial charge on any atom is 0.256 e. The van der Waals surface area contributed by atoms with Crippen molar-refractivity contribution in [1.82, 2.24) is 10.2 Å². The molecule has 0 spiro atoms. The summed E-state index contributed by atoms with van der Waals surface area (Å²) in [5.41, 5.74) is 1.30. The summed E-state index contributed by atoms with van der Waals surface area (Å²) in [5.74, 6) is 0.839. The van der Waals surface area contributed by atoms with Gasteiger partial charge < -0.3 is 10.1 Å². The first kappa shape index (κ1) is 22.4. The predicted molar refractivity (Wildman–Crippen MR) is 126 cm³/mol. The lowest BCUT2D eigenvalue weighted by Crippen LogP contribution is -2.32. The largest absolute Gasteiger partial charge is 0.434 e. The number of allylic oxidation sites excluding steroid dienone is 3. The van der Waals surface area contributed by atoms with Gasteiger partial charge in [0.25, 0.3) is 5.23 Å². The zero-order valence-corrected chi connectivity index (χ0v) is 18.5. The fourth-order valence-corrected chi connectivity index (χ4v) is 3.87. The van der Waals surface area contributed by atoms with Gasteiger partial charge >= 0.3 is 0 Å². The van der Waals surface area contributed by atoms with Crippen LogP contribution in [0.2, 0.25) is 0 Å². The second-order valence-corrected chi connectivity index (χ2v) is 8.64. The molecule has 1 aromatic rings. The molecule has 1 amide bonds. The van der Waals surface area contributed by atoms with Crippen molar-refractivity contribution in [3.63, 3.8) is 0 Å². The number of carbonyl (C=O) groups excluding carboxylic acids is 1.